The lowest BCUT2D eigenvalue weighted by Crippen LogP contribution is -2.49. The summed E-state index contributed by atoms with van der Waals surface area (Å²) in [7, 11) is 0. The number of halogens is 4. The number of benzene rings is 2. The van der Waals surface area contributed by atoms with Gasteiger partial charge in [0.15, 0.2) is 0 Å². The lowest BCUT2D eigenvalue weighted by Gasteiger charge is -2.25. The van der Waals surface area contributed by atoms with E-state index in [-0.39, 0.29) is 29.9 Å². The van der Waals surface area contributed by atoms with E-state index in [9.17, 15) is 31.9 Å². The Morgan fingerprint density at radius 3 is 2.25 bits per heavy atom. The Labute approximate surface area is 253 Å². The summed E-state index contributed by atoms with van der Waals surface area (Å²) >= 11 is 1.28. The second-order valence-corrected chi connectivity index (χ2v) is 10.8. The molecule has 15 heteroatoms. The highest BCUT2D eigenvalue weighted by Crippen LogP contribution is 2.27. The van der Waals surface area contributed by atoms with Crippen LogP contribution in [0.1, 0.15) is 52.2 Å². The first-order valence-electron chi connectivity index (χ1n) is 13.3. The van der Waals surface area contributed by atoms with Crippen molar-refractivity contribution in [2.45, 2.75) is 44.6 Å². The fourth-order valence-corrected chi connectivity index (χ4v) is 5.43. The van der Waals surface area contributed by atoms with Crippen molar-refractivity contribution in [1.82, 2.24) is 15.5 Å². The van der Waals surface area contributed by atoms with Crippen molar-refractivity contribution >= 4 is 34.9 Å². The smallest absolute Gasteiger partial charge is 0.345 e. The number of alkyl halides is 4. The Balaban J connectivity index is 1.35. The summed E-state index contributed by atoms with van der Waals surface area (Å²) in [5.41, 5.74) is 6.03. The van der Waals surface area contributed by atoms with E-state index in [0.717, 1.165) is 4.90 Å². The molecule has 0 saturated carbocycles. The molecule has 1 saturated heterocycles. The minimum absolute atomic E-state index is 0.128. The molecule has 1 fully saturated rings. The molecule has 0 bridgehead atoms. The number of ether oxygens (including phenoxy) is 2. The van der Waals surface area contributed by atoms with Crippen LogP contribution in [0, 0.1) is 5.41 Å². The molecule has 1 aromatic heterocycles. The number of thiophene rings is 1. The number of nitrogens with one attached hydrogen (secondary N) is 3. The Bertz CT molecular complexity index is 1490. The van der Waals surface area contributed by atoms with Crippen molar-refractivity contribution in [3.05, 3.63) is 81.5 Å². The molecule has 2 aromatic carbocycles. The van der Waals surface area contributed by atoms with Crippen molar-refractivity contribution < 1.29 is 41.4 Å². The Morgan fingerprint density at radius 2 is 1.68 bits per heavy atom. The summed E-state index contributed by atoms with van der Waals surface area (Å²) in [6.45, 7) is -2.19. The van der Waals surface area contributed by atoms with Gasteiger partial charge in [0, 0.05) is 39.9 Å². The molecule has 1 aliphatic rings. The number of amidine groups is 1. The van der Waals surface area contributed by atoms with Crippen LogP contribution in [0.15, 0.2) is 60.0 Å². The van der Waals surface area contributed by atoms with E-state index in [4.69, 9.17) is 15.9 Å². The second-order valence-electron chi connectivity index (χ2n) is 9.88. The molecule has 5 N–H and O–H groups in total. The van der Waals surface area contributed by atoms with Gasteiger partial charge in [-0.2, -0.15) is 8.78 Å². The maximum absolute atomic E-state index is 13.1. The average Bonchev–Trinajstić information content (AvgIpc) is 3.64. The number of carbonyl (C=O) groups excluding carboxylic acids is 3. The first-order valence-corrected chi connectivity index (χ1v) is 14.2. The van der Waals surface area contributed by atoms with Gasteiger partial charge in [0.05, 0.1) is 18.7 Å². The highest BCUT2D eigenvalue weighted by Gasteiger charge is 2.41. The van der Waals surface area contributed by atoms with E-state index in [1.807, 2.05) is 0 Å². The number of nitrogens with two attached hydrogens (primary N) is 1. The fourth-order valence-electron chi connectivity index (χ4n) is 4.52. The van der Waals surface area contributed by atoms with Crippen LogP contribution in [0.3, 0.4) is 0 Å². The van der Waals surface area contributed by atoms with Crippen LogP contribution < -0.4 is 21.1 Å². The van der Waals surface area contributed by atoms with Gasteiger partial charge in [0.25, 0.3) is 12.3 Å². The Morgan fingerprint density at radius 1 is 1.05 bits per heavy atom. The normalized spacial score (nSPS) is 17.0. The van der Waals surface area contributed by atoms with Crippen LogP contribution >= 0.6 is 11.3 Å². The van der Waals surface area contributed by atoms with Gasteiger partial charge in [-0.3, -0.25) is 19.8 Å². The topological polar surface area (TPSA) is 147 Å². The van der Waals surface area contributed by atoms with Crippen LogP contribution in [-0.4, -0.2) is 60.3 Å². The first-order chi connectivity index (χ1) is 20.9. The molecule has 1 aliphatic heterocycles. The number of likely N-dealkylation sites (tertiary alicyclic amines) is 1. The zero-order chi connectivity index (χ0) is 32.0. The number of amides is 3. The third-order valence-corrected chi connectivity index (χ3v) is 7.90. The average molecular weight is 636 g/mol. The Kier molecular flexibility index (Phi) is 10.5. The quantitative estimate of drug-likeness (QED) is 0.130. The van der Waals surface area contributed by atoms with Crippen molar-refractivity contribution in [3.8, 4) is 11.5 Å². The lowest BCUT2D eigenvalue weighted by atomic mass is 10.1. The molecule has 0 unspecified atom stereocenters. The molecule has 0 radical (unpaired) electrons. The Hall–Kier alpha value is -4.50. The molecule has 3 atom stereocenters. The number of nitrogen functional groups attached to an aromatic ring is 1. The van der Waals surface area contributed by atoms with Gasteiger partial charge in [0.1, 0.15) is 23.4 Å². The standard InChI is InChI=1S/C29H29F4N5O5S/c1-15(23-10-18(14-44-23)26(34)35)37-28(41)22-11-21(43-29(32)33)13-38(22)24(39)12-36-27(40)17-4-8-20(9-5-17)42-19-6-2-16(3-7-19)25(30)31/h2-10,14-15,21-22,25,29H,11-13H2,1H3,(H3,34,35)(H,36,40)(H,37,41)/t15-,21-,22+/m1/s1. The summed E-state index contributed by atoms with van der Waals surface area (Å²) in [6, 6.07) is 11.1. The molecular weight excluding hydrogens is 606 g/mol. The monoisotopic (exact) mass is 635 g/mol. The van der Waals surface area contributed by atoms with Gasteiger partial charge in [-0.05, 0) is 61.5 Å². The summed E-state index contributed by atoms with van der Waals surface area (Å²) in [5, 5.41) is 14.4. The molecular formula is C29H29F4N5O5S. The van der Waals surface area contributed by atoms with Crippen molar-refractivity contribution in [1.29, 1.82) is 5.41 Å². The number of hydrogen-bond donors (Lipinski definition) is 4. The molecule has 4 rings (SSSR count). The van der Waals surface area contributed by atoms with Crippen LogP contribution in [-0.2, 0) is 14.3 Å². The summed E-state index contributed by atoms with van der Waals surface area (Å²) in [5.74, 6) is -1.34. The SMILES string of the molecule is C[C@@H](NC(=O)[C@@H]1C[C@@H](OC(F)F)CN1C(=O)CNC(=O)c1ccc(Oc2ccc(C(F)F)cc2)cc1)c1cc(C(=N)N)cs1. The van der Waals surface area contributed by atoms with Crippen LogP contribution in [0.5, 0.6) is 11.5 Å². The lowest BCUT2D eigenvalue weighted by molar-refractivity contribution is -0.160. The zero-order valence-corrected chi connectivity index (χ0v) is 24.1. The van der Waals surface area contributed by atoms with E-state index in [1.165, 1.54) is 59.9 Å². The molecule has 2 heterocycles. The minimum atomic E-state index is -3.10. The number of rotatable bonds is 12. The summed E-state index contributed by atoms with van der Waals surface area (Å²) < 4.78 is 61.5. The third kappa shape index (κ3) is 8.32. The van der Waals surface area contributed by atoms with Gasteiger partial charge < -0.3 is 30.7 Å². The summed E-state index contributed by atoms with van der Waals surface area (Å²) in [4.78, 5) is 40.7. The van der Waals surface area contributed by atoms with E-state index in [1.54, 1.807) is 18.4 Å². The molecule has 0 spiro atoms. The largest absolute Gasteiger partial charge is 0.457 e. The van der Waals surface area contributed by atoms with E-state index >= 15 is 0 Å². The maximum Gasteiger partial charge on any atom is 0.345 e. The van der Waals surface area contributed by atoms with Gasteiger partial charge in [-0.15, -0.1) is 11.3 Å². The molecule has 10 nitrogen and oxygen atoms in total. The predicted octanol–water partition coefficient (Wildman–Crippen LogP) is 4.58. The number of hydrogen-bond acceptors (Lipinski definition) is 7. The third-order valence-electron chi connectivity index (χ3n) is 6.78. The highest BCUT2D eigenvalue weighted by molar-refractivity contribution is 7.10. The van der Waals surface area contributed by atoms with Crippen LogP contribution in [0.4, 0.5) is 17.6 Å². The molecule has 3 aromatic rings. The van der Waals surface area contributed by atoms with E-state index in [0.29, 0.717) is 21.9 Å². The minimum Gasteiger partial charge on any atom is -0.457 e. The van der Waals surface area contributed by atoms with Gasteiger partial charge in [-0.25, -0.2) is 8.78 Å². The van der Waals surface area contributed by atoms with Gasteiger partial charge in [-0.1, -0.05) is 0 Å². The van der Waals surface area contributed by atoms with Gasteiger partial charge in [0.2, 0.25) is 11.8 Å². The molecule has 234 valence electrons. The predicted molar refractivity (Wildman–Crippen MR) is 153 cm³/mol. The molecule has 3 amide bonds. The number of nitrogens with zero attached hydrogens (tertiary/aromatic N) is 1. The zero-order valence-electron chi connectivity index (χ0n) is 23.3. The number of carbonyl (C=O) groups is 3. The highest BCUT2D eigenvalue weighted by atomic mass is 32.1. The summed E-state index contributed by atoms with van der Waals surface area (Å²) in [6.07, 6.45) is -3.86. The van der Waals surface area contributed by atoms with E-state index in [2.05, 4.69) is 15.4 Å². The van der Waals surface area contributed by atoms with Crippen LogP contribution in [0.25, 0.3) is 0 Å². The molecule has 44 heavy (non-hydrogen) atoms. The van der Waals surface area contributed by atoms with Crippen molar-refractivity contribution in [2.24, 2.45) is 5.73 Å². The van der Waals surface area contributed by atoms with Crippen LogP contribution in [0.2, 0.25) is 0 Å². The van der Waals surface area contributed by atoms with E-state index < -0.39 is 55.5 Å². The van der Waals surface area contributed by atoms with Crippen molar-refractivity contribution in [2.75, 3.05) is 13.1 Å². The van der Waals surface area contributed by atoms with Crippen molar-refractivity contribution in [3.63, 3.8) is 0 Å². The second kappa shape index (κ2) is 14.3. The van der Waals surface area contributed by atoms with Gasteiger partial charge >= 0.3 is 6.61 Å². The molecule has 0 aliphatic carbocycles. The maximum atomic E-state index is 13.1. The first kappa shape index (κ1) is 32.4. The fraction of sp³-hybridized carbons (Fsp3) is 0.310.